The van der Waals surface area contributed by atoms with E-state index in [-0.39, 0.29) is 5.41 Å². The van der Waals surface area contributed by atoms with Crippen LogP contribution < -0.4 is 4.74 Å². The topological polar surface area (TPSA) is 29.5 Å². The van der Waals surface area contributed by atoms with E-state index in [1.807, 2.05) is 54.2 Å². The van der Waals surface area contributed by atoms with Gasteiger partial charge in [0.05, 0.1) is 5.60 Å². The smallest absolute Gasteiger partial charge is 0.127 e. The van der Waals surface area contributed by atoms with Crippen molar-refractivity contribution in [2.45, 2.75) is 44.5 Å². The van der Waals surface area contributed by atoms with Crippen molar-refractivity contribution in [3.05, 3.63) is 60.2 Å². The fourth-order valence-electron chi connectivity index (χ4n) is 4.90. The number of benzene rings is 2. The van der Waals surface area contributed by atoms with E-state index in [0.717, 1.165) is 23.0 Å². The van der Waals surface area contributed by atoms with Gasteiger partial charge in [0.15, 0.2) is 0 Å². The molecule has 138 valence electrons. The first-order chi connectivity index (χ1) is 12.5. The lowest BCUT2D eigenvalue weighted by Crippen LogP contribution is -2.51. The number of hydrogen-bond donors (Lipinski definition) is 1. The van der Waals surface area contributed by atoms with Crippen molar-refractivity contribution in [3.63, 3.8) is 0 Å². The first-order valence-corrected chi connectivity index (χ1v) is 10.8. The van der Waals surface area contributed by atoms with Gasteiger partial charge in [-0.05, 0) is 66.3 Å². The lowest BCUT2D eigenvalue weighted by Gasteiger charge is -2.46. The number of para-hydroxylation sites is 1. The highest BCUT2D eigenvalue weighted by atomic mass is 32.2. The van der Waals surface area contributed by atoms with Gasteiger partial charge in [-0.1, -0.05) is 44.2 Å². The number of ether oxygens (including phenoxy) is 1. The number of thioether (sulfide) groups is 1. The average Bonchev–Trinajstić information content (AvgIpc) is 3.19. The molecule has 0 saturated heterocycles. The molecule has 0 amide bonds. The molecule has 3 atom stereocenters. The Morgan fingerprint density at radius 3 is 2.46 bits per heavy atom. The van der Waals surface area contributed by atoms with E-state index in [0.29, 0.717) is 11.8 Å². The molecule has 2 aromatic carbocycles. The van der Waals surface area contributed by atoms with Gasteiger partial charge < -0.3 is 9.84 Å². The SMILES string of the molecule is CC1(C)[C@@H]2CC[C@@H](C2)[C@]1(O)CSCc1cccc(Oc2ccccc2)c1. The average molecular weight is 369 g/mol. The maximum absolute atomic E-state index is 11.4. The van der Waals surface area contributed by atoms with E-state index in [4.69, 9.17) is 4.74 Å². The monoisotopic (exact) mass is 368 g/mol. The second-order valence-corrected chi connectivity index (χ2v) is 9.39. The molecule has 2 bridgehead atoms. The van der Waals surface area contributed by atoms with Crippen LogP contribution in [0.1, 0.15) is 38.7 Å². The van der Waals surface area contributed by atoms with E-state index in [2.05, 4.69) is 26.0 Å². The molecule has 2 fully saturated rings. The van der Waals surface area contributed by atoms with Crippen molar-refractivity contribution < 1.29 is 9.84 Å². The van der Waals surface area contributed by atoms with E-state index in [1.54, 1.807) is 0 Å². The molecule has 2 nitrogen and oxygen atoms in total. The zero-order valence-electron chi connectivity index (χ0n) is 15.7. The highest BCUT2D eigenvalue weighted by molar-refractivity contribution is 7.98. The lowest BCUT2D eigenvalue weighted by atomic mass is 9.66. The quantitative estimate of drug-likeness (QED) is 0.688. The Bertz CT molecular complexity index is 758. The van der Waals surface area contributed by atoms with Crippen LogP contribution in [0.15, 0.2) is 54.6 Å². The predicted octanol–water partition coefficient (Wildman–Crippen LogP) is 5.90. The highest BCUT2D eigenvalue weighted by Gasteiger charge is 2.61. The molecular formula is C23H28O2S. The summed E-state index contributed by atoms with van der Waals surface area (Å²) in [5.74, 6) is 4.64. The number of aliphatic hydroxyl groups is 1. The maximum Gasteiger partial charge on any atom is 0.127 e. The Morgan fingerprint density at radius 2 is 1.73 bits per heavy atom. The van der Waals surface area contributed by atoms with E-state index >= 15 is 0 Å². The van der Waals surface area contributed by atoms with Crippen LogP contribution >= 0.6 is 11.8 Å². The van der Waals surface area contributed by atoms with Gasteiger partial charge in [-0.25, -0.2) is 0 Å². The van der Waals surface area contributed by atoms with Gasteiger partial charge in [-0.2, -0.15) is 11.8 Å². The zero-order valence-corrected chi connectivity index (χ0v) is 16.5. The van der Waals surface area contributed by atoms with Crippen LogP contribution in [0.25, 0.3) is 0 Å². The molecule has 4 rings (SSSR count). The van der Waals surface area contributed by atoms with Crippen LogP contribution in [0.3, 0.4) is 0 Å². The van der Waals surface area contributed by atoms with E-state index in [9.17, 15) is 5.11 Å². The Morgan fingerprint density at radius 1 is 1.00 bits per heavy atom. The minimum atomic E-state index is -0.515. The molecule has 0 spiro atoms. The van der Waals surface area contributed by atoms with Gasteiger partial charge >= 0.3 is 0 Å². The summed E-state index contributed by atoms with van der Waals surface area (Å²) in [7, 11) is 0. The summed E-state index contributed by atoms with van der Waals surface area (Å²) in [5, 5.41) is 11.4. The third-order valence-electron chi connectivity index (χ3n) is 6.71. The first kappa shape index (κ1) is 17.9. The molecule has 1 N–H and O–H groups in total. The van der Waals surface area contributed by atoms with Crippen LogP contribution in [-0.2, 0) is 5.75 Å². The Kier molecular flexibility index (Phi) is 4.79. The predicted molar refractivity (Wildman–Crippen MR) is 109 cm³/mol. The normalized spacial score (nSPS) is 29.0. The van der Waals surface area contributed by atoms with Gasteiger partial charge in [0.1, 0.15) is 11.5 Å². The minimum Gasteiger partial charge on any atom is -0.457 e. The maximum atomic E-state index is 11.4. The number of hydrogen-bond acceptors (Lipinski definition) is 3. The van der Waals surface area contributed by atoms with Gasteiger partial charge in [-0.15, -0.1) is 0 Å². The molecule has 0 radical (unpaired) electrons. The number of fused-ring (bicyclic) bond motifs is 2. The van der Waals surface area contributed by atoms with Gasteiger partial charge in [0, 0.05) is 11.5 Å². The largest absolute Gasteiger partial charge is 0.457 e. The summed E-state index contributed by atoms with van der Waals surface area (Å²) >= 11 is 1.85. The highest BCUT2D eigenvalue weighted by Crippen LogP contribution is 2.62. The molecule has 2 aliphatic rings. The molecule has 0 heterocycles. The van der Waals surface area contributed by atoms with Gasteiger partial charge in [0.25, 0.3) is 0 Å². The van der Waals surface area contributed by atoms with Crippen molar-refractivity contribution in [3.8, 4) is 11.5 Å². The van der Waals surface area contributed by atoms with E-state index in [1.165, 1.54) is 24.8 Å². The van der Waals surface area contributed by atoms with Crippen molar-refractivity contribution in [1.29, 1.82) is 0 Å². The second kappa shape index (κ2) is 6.94. The molecule has 0 unspecified atom stereocenters. The zero-order chi connectivity index (χ0) is 18.2. The Hall–Kier alpha value is -1.45. The van der Waals surface area contributed by atoms with Crippen LogP contribution in [-0.4, -0.2) is 16.5 Å². The molecule has 2 aromatic rings. The minimum absolute atomic E-state index is 0.0428. The summed E-state index contributed by atoms with van der Waals surface area (Å²) in [6.07, 6.45) is 3.71. The Balaban J connectivity index is 1.37. The van der Waals surface area contributed by atoms with Crippen LogP contribution in [0.4, 0.5) is 0 Å². The molecule has 2 saturated carbocycles. The van der Waals surface area contributed by atoms with Crippen LogP contribution in [0, 0.1) is 17.3 Å². The molecule has 3 heteroatoms. The Labute approximate surface area is 161 Å². The second-order valence-electron chi connectivity index (χ2n) is 8.41. The molecule has 0 aliphatic heterocycles. The lowest BCUT2D eigenvalue weighted by molar-refractivity contribution is -0.0862. The third-order valence-corrected chi connectivity index (χ3v) is 7.89. The third kappa shape index (κ3) is 3.16. The van der Waals surface area contributed by atoms with Gasteiger partial charge in [-0.3, -0.25) is 0 Å². The van der Waals surface area contributed by atoms with Gasteiger partial charge in [0.2, 0.25) is 0 Å². The molecular weight excluding hydrogens is 340 g/mol. The molecule has 26 heavy (non-hydrogen) atoms. The van der Waals surface area contributed by atoms with Crippen molar-refractivity contribution in [2.75, 3.05) is 5.75 Å². The first-order valence-electron chi connectivity index (χ1n) is 9.61. The van der Waals surface area contributed by atoms with Crippen LogP contribution in [0.5, 0.6) is 11.5 Å². The summed E-state index contributed by atoms with van der Waals surface area (Å²) < 4.78 is 5.93. The standard InChI is InChI=1S/C23H28O2S/c1-22(2)18-11-12-19(14-18)23(22,24)16-26-15-17-7-6-10-21(13-17)25-20-8-4-3-5-9-20/h3-10,13,18-19,24H,11-12,14-16H2,1-2H3/t18-,19+,23-/m1/s1. The molecule has 2 aliphatic carbocycles. The fraction of sp³-hybridized carbons (Fsp3) is 0.478. The fourth-order valence-corrected chi connectivity index (χ4v) is 6.34. The summed E-state index contributed by atoms with van der Waals surface area (Å²) in [5.41, 5.74) is 0.771. The van der Waals surface area contributed by atoms with Crippen molar-refractivity contribution in [2.24, 2.45) is 17.3 Å². The van der Waals surface area contributed by atoms with Crippen molar-refractivity contribution in [1.82, 2.24) is 0 Å². The van der Waals surface area contributed by atoms with Crippen molar-refractivity contribution >= 4 is 11.8 Å². The van der Waals surface area contributed by atoms with Crippen LogP contribution in [0.2, 0.25) is 0 Å². The summed E-state index contributed by atoms with van der Waals surface area (Å²) in [6, 6.07) is 18.2. The summed E-state index contributed by atoms with van der Waals surface area (Å²) in [6.45, 7) is 4.54. The van der Waals surface area contributed by atoms with E-state index < -0.39 is 5.60 Å². The molecule has 0 aromatic heterocycles. The number of rotatable bonds is 6. The summed E-state index contributed by atoms with van der Waals surface area (Å²) in [4.78, 5) is 0.